The van der Waals surface area contributed by atoms with Gasteiger partial charge in [-0.3, -0.25) is 4.79 Å². The average Bonchev–Trinajstić information content (AvgIpc) is 2.93. The third-order valence-electron chi connectivity index (χ3n) is 2.71. The van der Waals surface area contributed by atoms with Gasteiger partial charge in [0.1, 0.15) is 30.0 Å². The van der Waals surface area contributed by atoms with E-state index in [1.165, 1.54) is 35.5 Å². The molecule has 0 radical (unpaired) electrons. The molecule has 0 bridgehead atoms. The number of aromatic carboxylic acids is 1. The van der Waals surface area contributed by atoms with Crippen molar-refractivity contribution in [1.82, 2.24) is 14.8 Å². The molecule has 0 saturated carbocycles. The fourth-order valence-electron chi connectivity index (χ4n) is 1.57. The molecular weight excluding hydrogens is 264 g/mol. The maximum Gasteiger partial charge on any atom is 0.339 e. The molecule has 2 rings (SSSR count). The lowest BCUT2D eigenvalue weighted by Crippen LogP contribution is -2.24. The number of aromatic nitrogens is 3. The fraction of sp³-hybridized carbons (Fsp3) is 0.167. The van der Waals surface area contributed by atoms with Crippen molar-refractivity contribution in [3.63, 3.8) is 0 Å². The number of carboxylic acid groups (broad SMARTS) is 1. The molecule has 0 saturated heterocycles. The normalized spacial score (nSPS) is 11.8. The summed E-state index contributed by atoms with van der Waals surface area (Å²) < 4.78 is 1.37. The minimum Gasteiger partial charge on any atom is -0.507 e. The van der Waals surface area contributed by atoms with E-state index in [2.05, 4.69) is 15.4 Å². The molecule has 104 valence electrons. The number of amides is 1. The quantitative estimate of drug-likeness (QED) is 0.713. The third-order valence-corrected chi connectivity index (χ3v) is 2.71. The van der Waals surface area contributed by atoms with E-state index < -0.39 is 12.0 Å². The van der Waals surface area contributed by atoms with E-state index in [4.69, 9.17) is 5.11 Å². The Morgan fingerprint density at radius 1 is 1.40 bits per heavy atom. The maximum absolute atomic E-state index is 12.0. The highest BCUT2D eigenvalue weighted by Gasteiger charge is 2.17. The molecule has 0 fully saturated rings. The topological polar surface area (TPSA) is 117 Å². The van der Waals surface area contributed by atoms with Crippen molar-refractivity contribution in [2.45, 2.75) is 13.0 Å². The van der Waals surface area contributed by atoms with Crippen LogP contribution in [0.15, 0.2) is 30.9 Å². The number of nitrogens with zero attached hydrogens (tertiary/aromatic N) is 3. The van der Waals surface area contributed by atoms with Crippen molar-refractivity contribution in [1.29, 1.82) is 0 Å². The number of rotatable bonds is 4. The lowest BCUT2D eigenvalue weighted by Gasteiger charge is -2.12. The second kappa shape index (κ2) is 5.39. The van der Waals surface area contributed by atoms with Crippen LogP contribution in [0.5, 0.6) is 5.75 Å². The number of phenols is 1. The van der Waals surface area contributed by atoms with Gasteiger partial charge in [-0.25, -0.2) is 14.5 Å². The number of carbonyl (C=O) groups is 2. The number of carbonyl (C=O) groups excluding carboxylic acids is 1. The van der Waals surface area contributed by atoms with Gasteiger partial charge in [-0.1, -0.05) is 0 Å². The van der Waals surface area contributed by atoms with Gasteiger partial charge in [0.25, 0.3) is 0 Å². The second-order valence-corrected chi connectivity index (χ2v) is 4.08. The molecule has 1 unspecified atom stereocenters. The molecule has 3 N–H and O–H groups in total. The van der Waals surface area contributed by atoms with Gasteiger partial charge in [-0.05, 0) is 25.1 Å². The van der Waals surface area contributed by atoms with Gasteiger partial charge in [0.15, 0.2) is 0 Å². The van der Waals surface area contributed by atoms with Crippen molar-refractivity contribution < 1.29 is 19.8 Å². The molecule has 8 heteroatoms. The van der Waals surface area contributed by atoms with Gasteiger partial charge in [0, 0.05) is 5.69 Å². The molecule has 1 aromatic heterocycles. The molecule has 0 spiro atoms. The first-order valence-electron chi connectivity index (χ1n) is 5.70. The summed E-state index contributed by atoms with van der Waals surface area (Å²) in [6, 6.07) is 3.20. The van der Waals surface area contributed by atoms with E-state index in [0.717, 1.165) is 0 Å². The standard InChI is InChI=1S/C12H12N4O4/c1-7(16-6-13-5-14-16)11(18)15-8-2-3-10(17)9(4-8)12(19)20/h2-7,17H,1H3,(H,15,18)(H,19,20). The molecular formula is C12H12N4O4. The van der Waals surface area contributed by atoms with Crippen LogP contribution in [-0.4, -0.2) is 36.9 Å². The van der Waals surface area contributed by atoms with Crippen molar-refractivity contribution >= 4 is 17.6 Å². The van der Waals surface area contributed by atoms with E-state index in [0.29, 0.717) is 0 Å². The average molecular weight is 276 g/mol. The van der Waals surface area contributed by atoms with E-state index in [-0.39, 0.29) is 22.9 Å². The predicted octanol–water partition coefficient (Wildman–Crippen LogP) is 0.882. The van der Waals surface area contributed by atoms with Gasteiger partial charge in [-0.15, -0.1) is 0 Å². The minimum absolute atomic E-state index is 0.275. The van der Waals surface area contributed by atoms with Gasteiger partial charge >= 0.3 is 5.97 Å². The van der Waals surface area contributed by atoms with Crippen LogP contribution in [0.3, 0.4) is 0 Å². The van der Waals surface area contributed by atoms with Crippen molar-refractivity contribution in [2.24, 2.45) is 0 Å². The van der Waals surface area contributed by atoms with Gasteiger partial charge in [0.2, 0.25) is 5.91 Å². The van der Waals surface area contributed by atoms with Crippen molar-refractivity contribution in [3.8, 4) is 5.75 Å². The summed E-state index contributed by atoms with van der Waals surface area (Å²) in [7, 11) is 0. The Kier molecular flexibility index (Phi) is 3.65. The summed E-state index contributed by atoms with van der Waals surface area (Å²) in [5.74, 6) is -2.01. The Morgan fingerprint density at radius 3 is 2.75 bits per heavy atom. The highest BCUT2D eigenvalue weighted by atomic mass is 16.4. The number of hydrogen-bond acceptors (Lipinski definition) is 5. The van der Waals surface area contributed by atoms with Crippen LogP contribution in [0.4, 0.5) is 5.69 Å². The molecule has 0 aliphatic heterocycles. The molecule has 1 amide bonds. The zero-order valence-electron chi connectivity index (χ0n) is 10.5. The molecule has 1 heterocycles. The first kappa shape index (κ1) is 13.5. The summed E-state index contributed by atoms with van der Waals surface area (Å²) in [4.78, 5) is 26.6. The number of carboxylic acids is 1. The molecule has 0 aliphatic rings. The van der Waals surface area contributed by atoms with Gasteiger partial charge in [0.05, 0.1) is 0 Å². The first-order chi connectivity index (χ1) is 9.49. The van der Waals surface area contributed by atoms with Crippen LogP contribution in [0.2, 0.25) is 0 Å². The molecule has 1 aromatic carbocycles. The lowest BCUT2D eigenvalue weighted by molar-refractivity contribution is -0.119. The molecule has 0 aliphatic carbocycles. The molecule has 8 nitrogen and oxygen atoms in total. The molecule has 20 heavy (non-hydrogen) atoms. The summed E-state index contributed by atoms with van der Waals surface area (Å²) in [6.07, 6.45) is 2.72. The summed E-state index contributed by atoms with van der Waals surface area (Å²) in [5, 5.41) is 24.7. The Bertz CT molecular complexity index is 639. The monoisotopic (exact) mass is 276 g/mol. The zero-order valence-corrected chi connectivity index (χ0v) is 10.5. The number of benzene rings is 1. The highest BCUT2D eigenvalue weighted by molar-refractivity contribution is 5.96. The van der Waals surface area contributed by atoms with Crippen LogP contribution in [0.1, 0.15) is 23.3 Å². The SMILES string of the molecule is CC(C(=O)Nc1ccc(O)c(C(=O)O)c1)n1cncn1. The van der Waals surface area contributed by atoms with Crippen LogP contribution < -0.4 is 5.32 Å². The van der Waals surface area contributed by atoms with Crippen molar-refractivity contribution in [2.75, 3.05) is 5.32 Å². The number of hydrogen-bond donors (Lipinski definition) is 3. The highest BCUT2D eigenvalue weighted by Crippen LogP contribution is 2.22. The van der Waals surface area contributed by atoms with Crippen LogP contribution >= 0.6 is 0 Å². The lowest BCUT2D eigenvalue weighted by atomic mass is 10.1. The largest absolute Gasteiger partial charge is 0.507 e. The fourth-order valence-corrected chi connectivity index (χ4v) is 1.57. The summed E-state index contributed by atoms with van der Waals surface area (Å²) in [5.41, 5.74) is -0.00613. The van der Waals surface area contributed by atoms with Gasteiger partial charge in [-0.2, -0.15) is 5.10 Å². The van der Waals surface area contributed by atoms with Crippen LogP contribution in [-0.2, 0) is 4.79 Å². The third kappa shape index (κ3) is 2.74. The predicted molar refractivity (Wildman–Crippen MR) is 68.4 cm³/mol. The Labute approximate surface area is 113 Å². The van der Waals surface area contributed by atoms with Crippen LogP contribution in [0, 0.1) is 0 Å². The maximum atomic E-state index is 12.0. The summed E-state index contributed by atoms with van der Waals surface area (Å²) in [6.45, 7) is 1.63. The number of anilines is 1. The first-order valence-corrected chi connectivity index (χ1v) is 5.70. The smallest absolute Gasteiger partial charge is 0.339 e. The Morgan fingerprint density at radius 2 is 2.15 bits per heavy atom. The Hall–Kier alpha value is -2.90. The molecule has 1 atom stereocenters. The van der Waals surface area contributed by atoms with E-state index in [1.807, 2.05) is 0 Å². The van der Waals surface area contributed by atoms with E-state index in [1.54, 1.807) is 6.92 Å². The second-order valence-electron chi connectivity index (χ2n) is 4.08. The molecule has 2 aromatic rings. The Balaban J connectivity index is 2.16. The summed E-state index contributed by atoms with van der Waals surface area (Å²) >= 11 is 0. The number of aromatic hydroxyl groups is 1. The van der Waals surface area contributed by atoms with E-state index in [9.17, 15) is 14.7 Å². The number of nitrogens with one attached hydrogen (secondary N) is 1. The minimum atomic E-state index is -1.28. The van der Waals surface area contributed by atoms with Crippen molar-refractivity contribution in [3.05, 3.63) is 36.4 Å². The zero-order chi connectivity index (χ0) is 14.7. The van der Waals surface area contributed by atoms with E-state index >= 15 is 0 Å². The van der Waals surface area contributed by atoms with Gasteiger partial charge < -0.3 is 15.5 Å². The van der Waals surface area contributed by atoms with Crippen LogP contribution in [0.25, 0.3) is 0 Å².